The van der Waals surface area contributed by atoms with Crippen molar-refractivity contribution in [3.05, 3.63) is 30.1 Å². The van der Waals surface area contributed by atoms with Crippen LogP contribution >= 0.6 is 0 Å². The van der Waals surface area contributed by atoms with Gasteiger partial charge in [0.1, 0.15) is 5.82 Å². The van der Waals surface area contributed by atoms with E-state index in [1.165, 1.54) is 6.07 Å². The highest BCUT2D eigenvalue weighted by Gasteiger charge is 2.27. The molecule has 0 N–H and O–H groups in total. The van der Waals surface area contributed by atoms with Gasteiger partial charge in [-0.05, 0) is 17.8 Å². The molecule has 0 bridgehead atoms. The molecule has 4 heteroatoms. The summed E-state index contributed by atoms with van der Waals surface area (Å²) in [5, 5.41) is 0. The number of rotatable bonds is 1. The first kappa shape index (κ1) is 7.77. The highest BCUT2D eigenvalue weighted by atomic mass is 19.1. The van der Waals surface area contributed by atoms with Crippen molar-refractivity contribution in [1.82, 2.24) is 0 Å². The molecule has 12 heavy (non-hydrogen) atoms. The van der Waals surface area contributed by atoms with Crippen molar-refractivity contribution >= 4 is 12.4 Å². The molecular weight excluding hydrogens is 158 g/mol. The number of halogens is 1. The van der Waals surface area contributed by atoms with E-state index in [-0.39, 0.29) is 12.7 Å². The summed E-state index contributed by atoms with van der Waals surface area (Å²) in [6.07, 6.45) is 0.723. The number of hydrogen-bond donors (Lipinski definition) is 0. The fourth-order valence-corrected chi connectivity index (χ4v) is 1.28. The van der Waals surface area contributed by atoms with Gasteiger partial charge in [-0.3, -0.25) is 9.69 Å². The fraction of sp³-hybridized carbons (Fsp3) is 0.250. The maximum atomic E-state index is 13.1. The lowest BCUT2D eigenvalue weighted by atomic mass is 9.59. The molecule has 1 aliphatic heterocycles. The van der Waals surface area contributed by atoms with Gasteiger partial charge in [0.25, 0.3) is 0 Å². The van der Waals surface area contributed by atoms with E-state index in [1.54, 1.807) is 18.2 Å². The fourth-order valence-electron chi connectivity index (χ4n) is 1.28. The Morgan fingerprint density at radius 2 is 2.17 bits per heavy atom. The Labute approximate surface area is 70.3 Å². The van der Waals surface area contributed by atoms with E-state index in [4.69, 9.17) is 9.69 Å². The first-order chi connectivity index (χ1) is 5.88. The molecule has 0 aliphatic carbocycles. The molecule has 1 aromatic carbocycles. The molecule has 0 saturated carbocycles. The van der Waals surface area contributed by atoms with E-state index >= 15 is 0 Å². The van der Waals surface area contributed by atoms with Gasteiger partial charge >= 0.3 is 6.92 Å². The van der Waals surface area contributed by atoms with E-state index in [9.17, 15) is 4.39 Å². The molecule has 0 atom stereocenters. The maximum absolute atomic E-state index is 13.1. The minimum Gasteiger partial charge on any atom is -0.298 e. The normalized spacial score (nSPS) is 16.9. The van der Waals surface area contributed by atoms with Crippen molar-refractivity contribution in [2.45, 2.75) is 6.32 Å². The lowest BCUT2D eigenvalue weighted by Crippen LogP contribution is -2.31. The van der Waals surface area contributed by atoms with Crippen LogP contribution in [-0.4, -0.2) is 13.5 Å². The lowest BCUT2D eigenvalue weighted by Gasteiger charge is -2.03. The highest BCUT2D eigenvalue weighted by Crippen LogP contribution is 2.08. The molecule has 1 heterocycles. The molecule has 2 rings (SSSR count). The van der Waals surface area contributed by atoms with Crippen LogP contribution in [0.1, 0.15) is 0 Å². The molecule has 0 radical (unpaired) electrons. The zero-order valence-corrected chi connectivity index (χ0v) is 6.50. The van der Waals surface area contributed by atoms with Crippen LogP contribution in [0.4, 0.5) is 4.39 Å². The molecule has 1 aliphatic rings. The van der Waals surface area contributed by atoms with Crippen LogP contribution in [0.15, 0.2) is 24.3 Å². The average molecular weight is 166 g/mol. The van der Waals surface area contributed by atoms with Crippen LogP contribution in [0.3, 0.4) is 0 Å². The standard InChI is InChI=1S/C8H8BFO2/c10-8-4-2-1-3-7(8)9-5-6-11-12-9/h1-4H,5-6H2. The molecule has 2 nitrogen and oxygen atoms in total. The molecule has 62 valence electrons. The first-order valence-electron chi connectivity index (χ1n) is 3.90. The molecule has 0 aromatic heterocycles. The van der Waals surface area contributed by atoms with Gasteiger partial charge in [-0.1, -0.05) is 18.2 Å². The third-order valence-corrected chi connectivity index (χ3v) is 1.90. The Balaban J connectivity index is 2.26. The van der Waals surface area contributed by atoms with Crippen LogP contribution in [0.2, 0.25) is 6.32 Å². The van der Waals surface area contributed by atoms with Crippen LogP contribution < -0.4 is 5.46 Å². The van der Waals surface area contributed by atoms with Crippen LogP contribution in [-0.2, 0) is 9.69 Å². The summed E-state index contributed by atoms with van der Waals surface area (Å²) >= 11 is 0. The molecule has 0 amide bonds. The zero-order chi connectivity index (χ0) is 8.39. The average Bonchev–Trinajstić information content (AvgIpc) is 2.57. The van der Waals surface area contributed by atoms with Gasteiger partial charge in [0.05, 0.1) is 6.61 Å². The minimum absolute atomic E-state index is 0.229. The van der Waals surface area contributed by atoms with Crippen molar-refractivity contribution in [2.24, 2.45) is 0 Å². The van der Waals surface area contributed by atoms with Gasteiger partial charge in [-0.15, -0.1) is 0 Å². The van der Waals surface area contributed by atoms with E-state index in [0.717, 1.165) is 6.32 Å². The molecule has 1 saturated heterocycles. The smallest absolute Gasteiger partial charge is 0.298 e. The lowest BCUT2D eigenvalue weighted by molar-refractivity contribution is -0.184. The van der Waals surface area contributed by atoms with Crippen molar-refractivity contribution in [3.63, 3.8) is 0 Å². The summed E-state index contributed by atoms with van der Waals surface area (Å²) in [6.45, 7) is 0.310. The van der Waals surface area contributed by atoms with Crippen molar-refractivity contribution in [3.8, 4) is 0 Å². The predicted octanol–water partition coefficient (Wildman–Crippen LogP) is 0.986. The molecule has 0 spiro atoms. The van der Waals surface area contributed by atoms with Crippen LogP contribution in [0.25, 0.3) is 0 Å². The zero-order valence-electron chi connectivity index (χ0n) is 6.50. The summed E-state index contributed by atoms with van der Waals surface area (Å²) in [6, 6.07) is 6.60. The molecule has 0 unspecified atom stereocenters. The van der Waals surface area contributed by atoms with Gasteiger partial charge in [-0.25, -0.2) is 4.39 Å². The highest BCUT2D eigenvalue weighted by molar-refractivity contribution is 6.67. The monoisotopic (exact) mass is 166 g/mol. The van der Waals surface area contributed by atoms with Gasteiger partial charge in [-0.2, -0.15) is 0 Å². The van der Waals surface area contributed by atoms with Crippen molar-refractivity contribution in [2.75, 3.05) is 6.61 Å². The van der Waals surface area contributed by atoms with E-state index in [2.05, 4.69) is 0 Å². The van der Waals surface area contributed by atoms with Gasteiger partial charge < -0.3 is 0 Å². The van der Waals surface area contributed by atoms with E-state index < -0.39 is 0 Å². The quantitative estimate of drug-likeness (QED) is 0.457. The van der Waals surface area contributed by atoms with Crippen molar-refractivity contribution < 1.29 is 14.1 Å². The summed E-state index contributed by atoms with van der Waals surface area (Å²) in [5.41, 5.74) is 0.579. The topological polar surface area (TPSA) is 18.5 Å². The second-order valence-electron chi connectivity index (χ2n) is 2.72. The maximum Gasteiger partial charge on any atom is 0.378 e. The first-order valence-corrected chi connectivity index (χ1v) is 3.90. The van der Waals surface area contributed by atoms with E-state index in [0.29, 0.717) is 12.1 Å². The Hall–Kier alpha value is -0.865. The summed E-state index contributed by atoms with van der Waals surface area (Å²) < 4.78 is 13.1. The molecular formula is C8H8BFO2. The Morgan fingerprint density at radius 1 is 1.33 bits per heavy atom. The SMILES string of the molecule is Fc1ccccc1B1CCOO1. The number of benzene rings is 1. The molecule has 1 aromatic rings. The van der Waals surface area contributed by atoms with Gasteiger partial charge in [0.15, 0.2) is 0 Å². The Kier molecular flexibility index (Phi) is 2.10. The predicted molar refractivity (Wildman–Crippen MR) is 43.6 cm³/mol. The largest absolute Gasteiger partial charge is 0.378 e. The van der Waals surface area contributed by atoms with Crippen molar-refractivity contribution in [1.29, 1.82) is 0 Å². The summed E-state index contributed by atoms with van der Waals surface area (Å²) in [4.78, 5) is 9.58. The Bertz CT molecular complexity index is 274. The van der Waals surface area contributed by atoms with Crippen LogP contribution in [0.5, 0.6) is 0 Å². The summed E-state index contributed by atoms with van der Waals surface area (Å²) in [7, 11) is 0. The molecule has 1 fully saturated rings. The van der Waals surface area contributed by atoms with Gasteiger partial charge in [0.2, 0.25) is 0 Å². The Morgan fingerprint density at radius 3 is 2.83 bits per heavy atom. The van der Waals surface area contributed by atoms with E-state index in [1.807, 2.05) is 0 Å². The number of hydrogen-bond acceptors (Lipinski definition) is 2. The van der Waals surface area contributed by atoms with Gasteiger partial charge in [0, 0.05) is 0 Å². The second kappa shape index (κ2) is 3.25. The third-order valence-electron chi connectivity index (χ3n) is 1.90. The second-order valence-corrected chi connectivity index (χ2v) is 2.72. The third kappa shape index (κ3) is 1.35. The van der Waals surface area contributed by atoms with Crippen LogP contribution in [0, 0.1) is 5.82 Å². The summed E-state index contributed by atoms with van der Waals surface area (Å²) in [5.74, 6) is -0.229. The minimum atomic E-state index is -0.230.